The van der Waals surface area contributed by atoms with E-state index in [9.17, 15) is 0 Å². The van der Waals surface area contributed by atoms with Crippen LogP contribution in [0.2, 0.25) is 0 Å². The number of rotatable bonds is 3. The van der Waals surface area contributed by atoms with Crippen LogP contribution in [0.1, 0.15) is 5.69 Å². The summed E-state index contributed by atoms with van der Waals surface area (Å²) in [6.07, 6.45) is 3.23. The Morgan fingerprint density at radius 2 is 2.22 bits per heavy atom. The zero-order valence-corrected chi connectivity index (χ0v) is 10.6. The minimum absolute atomic E-state index is 0.600. The van der Waals surface area contributed by atoms with Gasteiger partial charge in [-0.15, -0.1) is 0 Å². The second kappa shape index (κ2) is 4.06. The summed E-state index contributed by atoms with van der Waals surface area (Å²) in [6, 6.07) is 0.600. The first kappa shape index (κ1) is 11.2. The Hall–Kier alpha value is -1.95. The molecule has 6 nitrogen and oxygen atoms in total. The van der Waals surface area contributed by atoms with E-state index in [1.54, 1.807) is 6.08 Å². The Labute approximate surface area is 105 Å². The SMILES string of the molecule is C=Cc1ncnc2nc(N3CC(N(C)C)C3)[nH]c12. The zero-order valence-electron chi connectivity index (χ0n) is 10.6. The quantitative estimate of drug-likeness (QED) is 0.863. The van der Waals surface area contributed by atoms with E-state index in [4.69, 9.17) is 0 Å². The topological polar surface area (TPSA) is 60.9 Å². The van der Waals surface area contributed by atoms with Crippen molar-refractivity contribution in [1.82, 2.24) is 24.8 Å². The molecule has 3 heterocycles. The highest BCUT2D eigenvalue weighted by Crippen LogP contribution is 2.23. The molecule has 2 aromatic rings. The molecular formula is C12H16N6. The van der Waals surface area contributed by atoms with Crippen LogP contribution in [0.3, 0.4) is 0 Å². The Kier molecular flexibility index (Phi) is 2.52. The van der Waals surface area contributed by atoms with Gasteiger partial charge in [0.1, 0.15) is 11.8 Å². The summed E-state index contributed by atoms with van der Waals surface area (Å²) in [4.78, 5) is 20.5. The van der Waals surface area contributed by atoms with Crippen molar-refractivity contribution in [2.45, 2.75) is 6.04 Å². The zero-order chi connectivity index (χ0) is 12.7. The van der Waals surface area contributed by atoms with E-state index >= 15 is 0 Å². The lowest BCUT2D eigenvalue weighted by Gasteiger charge is -2.42. The predicted molar refractivity (Wildman–Crippen MR) is 71.5 cm³/mol. The van der Waals surface area contributed by atoms with Gasteiger partial charge in [-0.25, -0.2) is 9.97 Å². The van der Waals surface area contributed by atoms with Crippen LogP contribution >= 0.6 is 0 Å². The number of fused-ring (bicyclic) bond motifs is 1. The van der Waals surface area contributed by atoms with E-state index in [1.165, 1.54) is 6.33 Å². The molecule has 1 aliphatic heterocycles. The lowest BCUT2D eigenvalue weighted by atomic mass is 10.1. The van der Waals surface area contributed by atoms with Crippen molar-refractivity contribution in [1.29, 1.82) is 0 Å². The molecule has 1 saturated heterocycles. The number of nitrogens with one attached hydrogen (secondary N) is 1. The smallest absolute Gasteiger partial charge is 0.205 e. The summed E-state index contributed by atoms with van der Waals surface area (Å²) in [5.74, 6) is 0.867. The van der Waals surface area contributed by atoms with E-state index in [1.807, 2.05) is 0 Å². The number of hydrogen-bond acceptors (Lipinski definition) is 5. The molecule has 0 atom stereocenters. The Bertz CT molecular complexity index is 581. The largest absolute Gasteiger partial charge is 0.339 e. The van der Waals surface area contributed by atoms with Gasteiger partial charge in [-0.3, -0.25) is 0 Å². The van der Waals surface area contributed by atoms with Crippen molar-refractivity contribution in [2.75, 3.05) is 32.1 Å². The summed E-state index contributed by atoms with van der Waals surface area (Å²) in [7, 11) is 4.20. The summed E-state index contributed by atoms with van der Waals surface area (Å²) in [6.45, 7) is 5.73. The fraction of sp³-hybridized carbons (Fsp3) is 0.417. The highest BCUT2D eigenvalue weighted by atomic mass is 15.4. The van der Waals surface area contributed by atoms with E-state index in [0.717, 1.165) is 30.2 Å². The molecule has 94 valence electrons. The van der Waals surface area contributed by atoms with Crippen LogP contribution in [-0.2, 0) is 0 Å². The van der Waals surface area contributed by atoms with Crippen LogP contribution in [0.4, 0.5) is 5.95 Å². The molecular weight excluding hydrogens is 228 g/mol. The second-order valence-corrected chi connectivity index (χ2v) is 4.74. The third kappa shape index (κ3) is 1.65. The molecule has 0 unspecified atom stereocenters. The number of nitrogens with zero attached hydrogens (tertiary/aromatic N) is 5. The van der Waals surface area contributed by atoms with Crippen LogP contribution in [0.15, 0.2) is 12.9 Å². The van der Waals surface area contributed by atoms with E-state index in [0.29, 0.717) is 11.7 Å². The van der Waals surface area contributed by atoms with Crippen molar-refractivity contribution in [3.8, 4) is 0 Å². The average Bonchev–Trinajstić information content (AvgIpc) is 2.69. The van der Waals surface area contributed by atoms with E-state index < -0.39 is 0 Å². The third-order valence-electron chi connectivity index (χ3n) is 3.39. The van der Waals surface area contributed by atoms with Crippen molar-refractivity contribution < 1.29 is 0 Å². The van der Waals surface area contributed by atoms with Gasteiger partial charge in [-0.05, 0) is 20.2 Å². The van der Waals surface area contributed by atoms with Gasteiger partial charge < -0.3 is 14.8 Å². The standard InChI is InChI=1S/C12H16N6/c1-4-9-10-11(14-7-13-9)16-12(15-10)18-5-8(6-18)17(2)3/h4,7-8H,1,5-6H2,2-3H3,(H,13,14,15,16). The van der Waals surface area contributed by atoms with Gasteiger partial charge in [0, 0.05) is 19.1 Å². The molecule has 1 aliphatic rings. The van der Waals surface area contributed by atoms with Crippen LogP contribution in [0.25, 0.3) is 17.2 Å². The molecule has 0 saturated carbocycles. The molecule has 2 aromatic heterocycles. The molecule has 0 spiro atoms. The molecule has 18 heavy (non-hydrogen) atoms. The number of hydrogen-bond donors (Lipinski definition) is 1. The number of H-pyrrole nitrogens is 1. The van der Waals surface area contributed by atoms with E-state index in [2.05, 4.69) is 50.4 Å². The first-order chi connectivity index (χ1) is 8.69. The van der Waals surface area contributed by atoms with Crippen LogP contribution in [-0.4, -0.2) is 58.1 Å². The van der Waals surface area contributed by atoms with Gasteiger partial charge in [0.25, 0.3) is 0 Å². The summed E-state index contributed by atoms with van der Waals surface area (Å²) in [5, 5.41) is 0. The van der Waals surface area contributed by atoms with Crippen molar-refractivity contribution in [2.24, 2.45) is 0 Å². The summed E-state index contributed by atoms with van der Waals surface area (Å²) >= 11 is 0. The minimum atomic E-state index is 0.600. The third-order valence-corrected chi connectivity index (χ3v) is 3.39. The van der Waals surface area contributed by atoms with Gasteiger partial charge in [-0.2, -0.15) is 4.98 Å². The molecule has 0 aromatic carbocycles. The van der Waals surface area contributed by atoms with Gasteiger partial charge in [0.2, 0.25) is 5.95 Å². The average molecular weight is 244 g/mol. The Morgan fingerprint density at radius 1 is 1.44 bits per heavy atom. The Morgan fingerprint density at radius 3 is 2.89 bits per heavy atom. The number of likely N-dealkylation sites (N-methyl/N-ethyl adjacent to an activating group) is 1. The number of aromatic amines is 1. The summed E-state index contributed by atoms with van der Waals surface area (Å²) in [5.41, 5.74) is 2.35. The van der Waals surface area contributed by atoms with Crippen molar-refractivity contribution >= 4 is 23.2 Å². The molecule has 6 heteroatoms. The maximum absolute atomic E-state index is 4.49. The maximum Gasteiger partial charge on any atom is 0.205 e. The van der Waals surface area contributed by atoms with Gasteiger partial charge in [-0.1, -0.05) is 6.58 Å². The van der Waals surface area contributed by atoms with Gasteiger partial charge in [0.05, 0.1) is 5.69 Å². The number of imidazole rings is 1. The lowest BCUT2D eigenvalue weighted by Crippen LogP contribution is -2.57. The molecule has 1 N–H and O–H groups in total. The minimum Gasteiger partial charge on any atom is -0.339 e. The number of anilines is 1. The molecule has 0 radical (unpaired) electrons. The lowest BCUT2D eigenvalue weighted by molar-refractivity contribution is 0.245. The first-order valence-corrected chi connectivity index (χ1v) is 5.93. The second-order valence-electron chi connectivity index (χ2n) is 4.74. The van der Waals surface area contributed by atoms with Crippen molar-refractivity contribution in [3.05, 3.63) is 18.6 Å². The first-order valence-electron chi connectivity index (χ1n) is 5.93. The molecule has 0 bridgehead atoms. The molecule has 3 rings (SSSR count). The number of aromatic nitrogens is 4. The molecule has 0 aliphatic carbocycles. The maximum atomic E-state index is 4.49. The molecule has 0 amide bonds. The van der Waals surface area contributed by atoms with Crippen molar-refractivity contribution in [3.63, 3.8) is 0 Å². The predicted octanol–water partition coefficient (Wildman–Crippen LogP) is 0.746. The summed E-state index contributed by atoms with van der Waals surface area (Å²) < 4.78 is 0. The highest BCUT2D eigenvalue weighted by molar-refractivity contribution is 5.81. The van der Waals surface area contributed by atoms with E-state index in [-0.39, 0.29) is 0 Å². The van der Waals surface area contributed by atoms with Crippen LogP contribution in [0, 0.1) is 0 Å². The normalized spacial score (nSPS) is 16.3. The van der Waals surface area contributed by atoms with Crippen LogP contribution in [0.5, 0.6) is 0 Å². The van der Waals surface area contributed by atoms with Crippen LogP contribution < -0.4 is 4.90 Å². The van der Waals surface area contributed by atoms with Gasteiger partial charge >= 0.3 is 0 Å². The Balaban J connectivity index is 1.89. The monoisotopic (exact) mass is 244 g/mol. The fourth-order valence-electron chi connectivity index (χ4n) is 2.09. The highest BCUT2D eigenvalue weighted by Gasteiger charge is 2.30. The fourth-order valence-corrected chi connectivity index (χ4v) is 2.09. The van der Waals surface area contributed by atoms with Gasteiger partial charge in [0.15, 0.2) is 5.65 Å². The molecule has 1 fully saturated rings.